The minimum absolute atomic E-state index is 0.110. The normalized spacial score (nSPS) is 28.7. The molecule has 3 nitrogen and oxygen atoms in total. The molecule has 2 aromatic carbocycles. The predicted molar refractivity (Wildman–Crippen MR) is 107 cm³/mol. The zero-order chi connectivity index (χ0) is 18.2. The van der Waals surface area contributed by atoms with Gasteiger partial charge in [-0.15, -0.1) is 0 Å². The van der Waals surface area contributed by atoms with Crippen LogP contribution in [-0.2, 0) is 19.5 Å². The van der Waals surface area contributed by atoms with Crippen molar-refractivity contribution >= 4 is 5.91 Å². The van der Waals surface area contributed by atoms with Crippen LogP contribution in [0.1, 0.15) is 52.7 Å². The fourth-order valence-electron chi connectivity index (χ4n) is 5.53. The molecule has 2 aromatic rings. The highest BCUT2D eigenvalue weighted by atomic mass is 16.1. The molecule has 27 heavy (non-hydrogen) atoms. The minimum atomic E-state index is 0.110. The van der Waals surface area contributed by atoms with Crippen LogP contribution in [0.15, 0.2) is 48.5 Å². The third-order valence-electron chi connectivity index (χ3n) is 7.03. The van der Waals surface area contributed by atoms with Crippen LogP contribution in [0.4, 0.5) is 0 Å². The first-order chi connectivity index (χ1) is 13.2. The maximum atomic E-state index is 12.6. The lowest BCUT2D eigenvalue weighted by Gasteiger charge is -2.26. The van der Waals surface area contributed by atoms with Crippen LogP contribution in [0.25, 0.3) is 0 Å². The Labute approximate surface area is 161 Å². The molecule has 2 fully saturated rings. The van der Waals surface area contributed by atoms with Crippen LogP contribution >= 0.6 is 0 Å². The highest BCUT2D eigenvalue weighted by Gasteiger charge is 2.40. The molecule has 1 unspecified atom stereocenters. The van der Waals surface area contributed by atoms with Gasteiger partial charge in [0.25, 0.3) is 5.91 Å². The molecule has 0 radical (unpaired) electrons. The van der Waals surface area contributed by atoms with Gasteiger partial charge < -0.3 is 10.2 Å². The van der Waals surface area contributed by atoms with Gasteiger partial charge in [0, 0.05) is 29.2 Å². The summed E-state index contributed by atoms with van der Waals surface area (Å²) in [6.45, 7) is 3.31. The molecule has 0 spiro atoms. The fraction of sp³-hybridized carbons (Fsp3) is 0.458. The summed E-state index contributed by atoms with van der Waals surface area (Å²) in [5.74, 6) is 1.70. The fourth-order valence-corrected chi connectivity index (χ4v) is 5.53. The van der Waals surface area contributed by atoms with Gasteiger partial charge in [0.15, 0.2) is 0 Å². The second-order valence-corrected chi connectivity index (χ2v) is 8.82. The first-order valence-electron chi connectivity index (χ1n) is 10.5. The smallest absolute Gasteiger partial charge is 0.251 e. The molecule has 5 rings (SSSR count). The molecule has 2 aliphatic carbocycles. The maximum absolute atomic E-state index is 12.6. The van der Waals surface area contributed by atoms with Gasteiger partial charge in [-0.05, 0) is 48.8 Å². The second-order valence-electron chi connectivity index (χ2n) is 8.82. The SMILES string of the molecule is O=C(N[C@H]1C[C@@H]2CC[C@@H]1C2)c1ccc(C[NH+]2CCc3ccccc3C2)cc1. The quantitative estimate of drug-likeness (QED) is 0.863. The number of amides is 1. The van der Waals surface area contributed by atoms with Crippen LogP contribution < -0.4 is 10.2 Å². The summed E-state index contributed by atoms with van der Waals surface area (Å²) in [7, 11) is 0. The van der Waals surface area contributed by atoms with Gasteiger partial charge in [-0.25, -0.2) is 0 Å². The molecule has 1 heterocycles. The van der Waals surface area contributed by atoms with Gasteiger partial charge in [-0.3, -0.25) is 4.79 Å². The molecule has 1 aliphatic heterocycles. The van der Waals surface area contributed by atoms with E-state index in [0.717, 1.165) is 36.9 Å². The summed E-state index contributed by atoms with van der Waals surface area (Å²) in [4.78, 5) is 14.2. The third kappa shape index (κ3) is 3.53. The summed E-state index contributed by atoms with van der Waals surface area (Å²) in [5, 5.41) is 3.29. The number of nitrogens with one attached hydrogen (secondary N) is 2. The summed E-state index contributed by atoms with van der Waals surface area (Å²) in [6.07, 6.45) is 6.35. The number of rotatable bonds is 4. The van der Waals surface area contributed by atoms with E-state index in [1.54, 1.807) is 4.90 Å². The van der Waals surface area contributed by atoms with Crippen molar-refractivity contribution in [3.8, 4) is 0 Å². The van der Waals surface area contributed by atoms with Gasteiger partial charge in [0.05, 0.1) is 6.54 Å². The number of hydrogen-bond acceptors (Lipinski definition) is 1. The Morgan fingerprint density at radius 3 is 2.56 bits per heavy atom. The summed E-state index contributed by atoms with van der Waals surface area (Å²) >= 11 is 0. The van der Waals surface area contributed by atoms with Gasteiger partial charge in [0.2, 0.25) is 0 Å². The average molecular weight is 362 g/mol. The Kier molecular flexibility index (Phi) is 4.48. The molecule has 0 saturated heterocycles. The monoisotopic (exact) mass is 361 g/mol. The minimum Gasteiger partial charge on any atom is -0.349 e. The molecule has 3 heteroatoms. The lowest BCUT2D eigenvalue weighted by atomic mass is 9.95. The largest absolute Gasteiger partial charge is 0.349 e. The highest BCUT2D eigenvalue weighted by molar-refractivity contribution is 5.94. The van der Waals surface area contributed by atoms with Crippen molar-refractivity contribution < 1.29 is 9.69 Å². The van der Waals surface area contributed by atoms with Crippen molar-refractivity contribution in [1.82, 2.24) is 5.32 Å². The van der Waals surface area contributed by atoms with Crippen LogP contribution in [-0.4, -0.2) is 18.5 Å². The van der Waals surface area contributed by atoms with Crippen molar-refractivity contribution in [2.75, 3.05) is 6.54 Å². The summed E-state index contributed by atoms with van der Waals surface area (Å²) < 4.78 is 0. The van der Waals surface area contributed by atoms with Crippen molar-refractivity contribution in [2.45, 2.75) is 51.2 Å². The van der Waals surface area contributed by atoms with E-state index in [1.165, 1.54) is 48.9 Å². The molecule has 4 atom stereocenters. The molecule has 1 amide bonds. The van der Waals surface area contributed by atoms with E-state index >= 15 is 0 Å². The Balaban J connectivity index is 1.19. The van der Waals surface area contributed by atoms with Crippen molar-refractivity contribution in [1.29, 1.82) is 0 Å². The lowest BCUT2D eigenvalue weighted by Crippen LogP contribution is -3.10. The van der Waals surface area contributed by atoms with Gasteiger partial charge >= 0.3 is 0 Å². The number of carbonyl (C=O) groups is 1. The molecule has 2 N–H and O–H groups in total. The Morgan fingerprint density at radius 1 is 1.00 bits per heavy atom. The number of hydrogen-bond donors (Lipinski definition) is 2. The first kappa shape index (κ1) is 17.0. The Hall–Kier alpha value is -2.13. The van der Waals surface area contributed by atoms with E-state index in [4.69, 9.17) is 0 Å². The van der Waals surface area contributed by atoms with E-state index in [0.29, 0.717) is 6.04 Å². The summed E-state index contributed by atoms with van der Waals surface area (Å²) in [6, 6.07) is 17.5. The molecular weight excluding hydrogens is 332 g/mol. The predicted octanol–water partition coefficient (Wildman–Crippen LogP) is 2.75. The molecule has 0 aromatic heterocycles. The van der Waals surface area contributed by atoms with Crippen LogP contribution in [0.5, 0.6) is 0 Å². The number of benzene rings is 2. The van der Waals surface area contributed by atoms with Crippen LogP contribution in [0.2, 0.25) is 0 Å². The van der Waals surface area contributed by atoms with Crippen LogP contribution in [0.3, 0.4) is 0 Å². The number of quaternary nitrogens is 1. The highest BCUT2D eigenvalue weighted by Crippen LogP contribution is 2.44. The average Bonchev–Trinajstić information content (AvgIpc) is 3.31. The molecule has 2 bridgehead atoms. The number of carbonyl (C=O) groups excluding carboxylic acids is 1. The van der Waals surface area contributed by atoms with E-state index in [9.17, 15) is 4.79 Å². The zero-order valence-corrected chi connectivity index (χ0v) is 15.9. The molecule has 140 valence electrons. The standard InChI is InChI=1S/C24H28N2O/c27-24(25-23-14-18-7-10-21(23)13-18)20-8-5-17(6-9-20)15-26-12-11-19-3-1-2-4-22(19)16-26/h1-6,8-9,18,21,23H,7,10-16H2,(H,25,27)/p+1/t18-,21-,23+/m1/s1. The molecule has 3 aliphatic rings. The van der Waals surface area contributed by atoms with Crippen LogP contribution in [0, 0.1) is 11.8 Å². The zero-order valence-electron chi connectivity index (χ0n) is 15.9. The number of fused-ring (bicyclic) bond motifs is 3. The van der Waals surface area contributed by atoms with Crippen molar-refractivity contribution in [3.63, 3.8) is 0 Å². The lowest BCUT2D eigenvalue weighted by molar-refractivity contribution is -0.929. The topological polar surface area (TPSA) is 33.5 Å². The van der Waals surface area contributed by atoms with E-state index in [2.05, 4.69) is 41.7 Å². The van der Waals surface area contributed by atoms with E-state index in [1.807, 2.05) is 12.1 Å². The molecule has 2 saturated carbocycles. The van der Waals surface area contributed by atoms with Gasteiger partial charge in [0.1, 0.15) is 13.1 Å². The Morgan fingerprint density at radius 2 is 1.81 bits per heavy atom. The first-order valence-corrected chi connectivity index (χ1v) is 10.5. The van der Waals surface area contributed by atoms with Crippen molar-refractivity contribution in [2.24, 2.45) is 11.8 Å². The Bertz CT molecular complexity index is 829. The second kappa shape index (κ2) is 7.12. The van der Waals surface area contributed by atoms with E-state index < -0.39 is 0 Å². The van der Waals surface area contributed by atoms with Gasteiger partial charge in [-0.2, -0.15) is 0 Å². The van der Waals surface area contributed by atoms with Gasteiger partial charge in [-0.1, -0.05) is 42.8 Å². The summed E-state index contributed by atoms with van der Waals surface area (Å²) in [5.41, 5.74) is 5.12. The maximum Gasteiger partial charge on any atom is 0.251 e. The van der Waals surface area contributed by atoms with Crippen molar-refractivity contribution in [3.05, 3.63) is 70.8 Å². The van der Waals surface area contributed by atoms with E-state index in [-0.39, 0.29) is 5.91 Å². The molecular formula is C24H29N2O+. The third-order valence-corrected chi connectivity index (χ3v) is 7.03.